The molecule has 0 fully saturated rings. The number of phenols is 1. The van der Waals surface area contributed by atoms with Gasteiger partial charge >= 0.3 is 0 Å². The minimum absolute atomic E-state index is 0.0114. The van der Waals surface area contributed by atoms with Gasteiger partial charge in [0.1, 0.15) is 5.75 Å². The Labute approximate surface area is 115 Å². The fourth-order valence-electron chi connectivity index (χ4n) is 1.58. The first-order valence-corrected chi connectivity index (χ1v) is 5.91. The number of hydrogen-bond donors (Lipinski definition) is 1. The summed E-state index contributed by atoms with van der Waals surface area (Å²) >= 11 is 0. The van der Waals surface area contributed by atoms with Crippen LogP contribution in [0.25, 0.3) is 0 Å². The maximum Gasteiger partial charge on any atom is 0.159 e. The molecule has 0 aliphatic rings. The number of hydrogen-bond acceptors (Lipinski definition) is 5. The summed E-state index contributed by atoms with van der Waals surface area (Å²) in [4.78, 5) is 21.8. The van der Waals surface area contributed by atoms with Gasteiger partial charge in [0, 0.05) is 5.56 Å². The zero-order valence-corrected chi connectivity index (χ0v) is 10.8. The maximum absolute atomic E-state index is 11.1. The van der Waals surface area contributed by atoms with Crippen molar-refractivity contribution >= 4 is 23.4 Å². The van der Waals surface area contributed by atoms with Gasteiger partial charge in [0.25, 0.3) is 0 Å². The van der Waals surface area contributed by atoms with Gasteiger partial charge in [-0.3, -0.25) is 9.59 Å². The molecule has 0 radical (unpaired) electrons. The van der Waals surface area contributed by atoms with Gasteiger partial charge in [-0.25, -0.2) is 0 Å². The van der Waals surface area contributed by atoms with E-state index in [2.05, 4.69) is 10.2 Å². The van der Waals surface area contributed by atoms with Gasteiger partial charge < -0.3 is 5.11 Å². The highest BCUT2D eigenvalue weighted by Crippen LogP contribution is 2.24. The first-order valence-electron chi connectivity index (χ1n) is 5.91. The zero-order valence-electron chi connectivity index (χ0n) is 10.8. The number of aldehydes is 1. The highest BCUT2D eigenvalue weighted by Gasteiger charge is 2.01. The molecule has 0 bridgehead atoms. The van der Waals surface area contributed by atoms with Crippen molar-refractivity contribution in [1.29, 1.82) is 0 Å². The Morgan fingerprint density at radius 2 is 1.65 bits per heavy atom. The van der Waals surface area contributed by atoms with Crippen molar-refractivity contribution in [3.05, 3.63) is 53.6 Å². The molecule has 0 unspecified atom stereocenters. The van der Waals surface area contributed by atoms with E-state index in [0.717, 1.165) is 0 Å². The molecular weight excluding hydrogens is 256 g/mol. The summed E-state index contributed by atoms with van der Waals surface area (Å²) in [7, 11) is 0. The van der Waals surface area contributed by atoms with E-state index in [4.69, 9.17) is 0 Å². The third-order valence-corrected chi connectivity index (χ3v) is 2.69. The van der Waals surface area contributed by atoms with Gasteiger partial charge in [-0.15, -0.1) is 0 Å². The van der Waals surface area contributed by atoms with E-state index < -0.39 is 0 Å². The molecule has 0 spiro atoms. The normalized spacial score (nSPS) is 10.7. The molecule has 5 heteroatoms. The lowest BCUT2D eigenvalue weighted by Crippen LogP contribution is -1.89. The molecular formula is C15H12N2O3. The molecule has 0 atom stereocenters. The van der Waals surface area contributed by atoms with Crippen LogP contribution in [0.15, 0.2) is 52.7 Å². The van der Waals surface area contributed by atoms with Crippen LogP contribution < -0.4 is 0 Å². The summed E-state index contributed by atoms with van der Waals surface area (Å²) in [6.45, 7) is 1.49. The number of aromatic hydroxyl groups is 1. The van der Waals surface area contributed by atoms with Crippen LogP contribution in [0.3, 0.4) is 0 Å². The van der Waals surface area contributed by atoms with Crippen molar-refractivity contribution in [2.45, 2.75) is 6.92 Å². The lowest BCUT2D eigenvalue weighted by Gasteiger charge is -1.98. The summed E-state index contributed by atoms with van der Waals surface area (Å²) in [6, 6.07) is 11.1. The number of rotatable bonds is 4. The molecule has 2 aromatic carbocycles. The largest absolute Gasteiger partial charge is 0.507 e. The molecule has 5 nitrogen and oxygen atoms in total. The summed E-state index contributed by atoms with van der Waals surface area (Å²) in [5.41, 5.74) is 1.82. The molecule has 0 aliphatic heterocycles. The number of azo groups is 1. The summed E-state index contributed by atoms with van der Waals surface area (Å²) in [5, 5.41) is 17.3. The van der Waals surface area contributed by atoms with Crippen LogP contribution in [0.5, 0.6) is 5.75 Å². The SMILES string of the molecule is CC(=O)c1ccc(N=Nc2ccc(O)c(C=O)c2)cc1. The average Bonchev–Trinajstić information content (AvgIpc) is 2.46. The Morgan fingerprint density at radius 3 is 2.25 bits per heavy atom. The van der Waals surface area contributed by atoms with Crippen molar-refractivity contribution in [3.8, 4) is 5.75 Å². The van der Waals surface area contributed by atoms with E-state index in [-0.39, 0.29) is 17.1 Å². The highest BCUT2D eigenvalue weighted by molar-refractivity contribution is 5.94. The summed E-state index contributed by atoms with van der Waals surface area (Å²) in [6.07, 6.45) is 0.552. The van der Waals surface area contributed by atoms with Gasteiger partial charge in [-0.2, -0.15) is 10.2 Å². The van der Waals surface area contributed by atoms with Crippen LogP contribution in [0.4, 0.5) is 11.4 Å². The molecule has 0 aromatic heterocycles. The number of nitrogens with zero attached hydrogens (tertiary/aromatic N) is 2. The molecule has 0 heterocycles. The fourth-order valence-corrected chi connectivity index (χ4v) is 1.58. The minimum atomic E-state index is -0.0928. The minimum Gasteiger partial charge on any atom is -0.507 e. The third-order valence-electron chi connectivity index (χ3n) is 2.69. The second-order valence-electron chi connectivity index (χ2n) is 4.16. The molecule has 0 saturated carbocycles. The predicted octanol–water partition coefficient (Wildman–Crippen LogP) is 3.82. The van der Waals surface area contributed by atoms with Crippen molar-refractivity contribution in [1.82, 2.24) is 0 Å². The van der Waals surface area contributed by atoms with Crippen LogP contribution in [0, 0.1) is 0 Å². The second-order valence-corrected chi connectivity index (χ2v) is 4.16. The van der Waals surface area contributed by atoms with Crippen molar-refractivity contribution in [2.24, 2.45) is 10.2 Å². The van der Waals surface area contributed by atoms with Crippen LogP contribution in [0.2, 0.25) is 0 Å². The Hall–Kier alpha value is -2.82. The van der Waals surface area contributed by atoms with Crippen LogP contribution in [-0.4, -0.2) is 17.2 Å². The molecule has 0 aliphatic carbocycles. The Balaban J connectivity index is 2.20. The Kier molecular flexibility index (Phi) is 4.00. The smallest absolute Gasteiger partial charge is 0.159 e. The van der Waals surface area contributed by atoms with Gasteiger partial charge in [0.05, 0.1) is 16.9 Å². The zero-order chi connectivity index (χ0) is 14.5. The van der Waals surface area contributed by atoms with Gasteiger partial charge in [-0.1, -0.05) is 0 Å². The van der Waals surface area contributed by atoms with Crippen LogP contribution in [0.1, 0.15) is 27.6 Å². The van der Waals surface area contributed by atoms with E-state index in [9.17, 15) is 14.7 Å². The summed E-state index contributed by atoms with van der Waals surface area (Å²) in [5.74, 6) is -0.104. The van der Waals surface area contributed by atoms with Crippen molar-refractivity contribution in [2.75, 3.05) is 0 Å². The third kappa shape index (κ3) is 3.14. The van der Waals surface area contributed by atoms with E-state index in [1.807, 2.05) is 0 Å². The number of Topliss-reactive ketones (excluding diaryl/α,β-unsaturated/α-hetero) is 1. The van der Waals surface area contributed by atoms with Gasteiger partial charge in [0.15, 0.2) is 12.1 Å². The van der Waals surface area contributed by atoms with Crippen molar-refractivity contribution < 1.29 is 14.7 Å². The lowest BCUT2D eigenvalue weighted by atomic mass is 10.1. The fraction of sp³-hybridized carbons (Fsp3) is 0.0667. The monoisotopic (exact) mass is 268 g/mol. The number of ketones is 1. The van der Waals surface area contributed by atoms with Gasteiger partial charge in [-0.05, 0) is 49.4 Å². The average molecular weight is 268 g/mol. The number of phenolic OH excluding ortho intramolecular Hbond substituents is 1. The number of carbonyl (C=O) groups is 2. The second kappa shape index (κ2) is 5.88. The Bertz CT molecular complexity index is 676. The summed E-state index contributed by atoms with van der Waals surface area (Å²) < 4.78 is 0. The quantitative estimate of drug-likeness (QED) is 0.520. The topological polar surface area (TPSA) is 79.1 Å². The molecule has 1 N–H and O–H groups in total. The molecule has 20 heavy (non-hydrogen) atoms. The van der Waals surface area contributed by atoms with E-state index in [0.29, 0.717) is 23.2 Å². The number of benzene rings is 2. The first-order chi connectivity index (χ1) is 9.60. The van der Waals surface area contributed by atoms with Crippen LogP contribution in [-0.2, 0) is 0 Å². The van der Waals surface area contributed by atoms with Crippen molar-refractivity contribution in [3.63, 3.8) is 0 Å². The number of carbonyl (C=O) groups excluding carboxylic acids is 2. The van der Waals surface area contributed by atoms with Crippen LogP contribution >= 0.6 is 0 Å². The Morgan fingerprint density at radius 1 is 1.05 bits per heavy atom. The molecule has 0 amide bonds. The lowest BCUT2D eigenvalue weighted by molar-refractivity contribution is 0.101. The standard InChI is InChI=1S/C15H12N2O3/c1-10(19)11-2-4-13(5-3-11)16-17-14-6-7-15(20)12(8-14)9-18/h2-9,20H,1H3. The van der Waals surface area contributed by atoms with Gasteiger partial charge in [0.2, 0.25) is 0 Å². The predicted molar refractivity (Wildman–Crippen MR) is 74.1 cm³/mol. The molecule has 0 saturated heterocycles. The molecule has 100 valence electrons. The molecule has 2 aromatic rings. The molecule has 2 rings (SSSR count). The van der Waals surface area contributed by atoms with E-state index >= 15 is 0 Å². The van der Waals surface area contributed by atoms with E-state index in [1.165, 1.54) is 19.1 Å². The first kappa shape index (κ1) is 13.6. The van der Waals surface area contributed by atoms with E-state index in [1.54, 1.807) is 30.3 Å². The highest BCUT2D eigenvalue weighted by atomic mass is 16.3. The maximum atomic E-state index is 11.1.